The van der Waals surface area contributed by atoms with Crippen LogP contribution in [-0.2, 0) is 9.53 Å². The zero-order valence-corrected chi connectivity index (χ0v) is 5.53. The third-order valence-corrected chi connectivity index (χ3v) is 0.850. The van der Waals surface area contributed by atoms with Crippen LogP contribution in [0.3, 0.4) is 0 Å². The number of hydrogen-bond donors (Lipinski definition) is 2. The van der Waals surface area contributed by atoms with Gasteiger partial charge in [0, 0.05) is 0 Å². The third kappa shape index (κ3) is 3.03. The Morgan fingerprint density at radius 3 is 2.80 bits per heavy atom. The molecular weight excluding hydrogens is 138 g/mol. The minimum Gasteiger partial charge on any atom is -0.453 e. The summed E-state index contributed by atoms with van der Waals surface area (Å²) in [6.07, 6.45) is -0.303. The quantitative estimate of drug-likeness (QED) is 0.497. The second kappa shape index (κ2) is 4.75. The van der Waals surface area contributed by atoms with E-state index in [-0.39, 0.29) is 0 Å². The molecule has 5 heteroatoms. The van der Waals surface area contributed by atoms with Gasteiger partial charge >= 0.3 is 6.09 Å². The normalized spacial score (nSPS) is 11.8. The molecule has 0 radical (unpaired) electrons. The van der Waals surface area contributed by atoms with Gasteiger partial charge in [0.15, 0.2) is 0 Å². The molecule has 5 nitrogen and oxygen atoms in total. The van der Waals surface area contributed by atoms with Gasteiger partial charge in [-0.3, -0.25) is 0 Å². The zero-order chi connectivity index (χ0) is 7.98. The molecule has 0 aliphatic carbocycles. The summed E-state index contributed by atoms with van der Waals surface area (Å²) in [6, 6.07) is -0.868. The molecule has 0 spiro atoms. The van der Waals surface area contributed by atoms with E-state index < -0.39 is 18.7 Å². The molecule has 1 atom stereocenters. The van der Waals surface area contributed by atoms with Gasteiger partial charge in [0.25, 0.3) is 0 Å². The molecule has 0 aliphatic heterocycles. The van der Waals surface area contributed by atoms with Crippen LogP contribution in [0, 0.1) is 0 Å². The summed E-state index contributed by atoms with van der Waals surface area (Å²) in [6.45, 7) is -0.418. The number of carbonyl (C=O) groups is 2. The van der Waals surface area contributed by atoms with E-state index in [1.807, 2.05) is 0 Å². The van der Waals surface area contributed by atoms with Crippen molar-refractivity contribution >= 4 is 12.4 Å². The number of aliphatic hydroxyl groups excluding tert-OH is 1. The monoisotopic (exact) mass is 147 g/mol. The van der Waals surface area contributed by atoms with Gasteiger partial charge in [-0.25, -0.2) is 4.79 Å². The number of alkyl carbamates (subject to hydrolysis) is 1. The smallest absolute Gasteiger partial charge is 0.407 e. The summed E-state index contributed by atoms with van der Waals surface area (Å²) in [5.74, 6) is 0. The van der Waals surface area contributed by atoms with Crippen molar-refractivity contribution in [3.63, 3.8) is 0 Å². The fraction of sp³-hybridized carbons (Fsp3) is 0.600. The second-order valence-electron chi connectivity index (χ2n) is 1.56. The first kappa shape index (κ1) is 8.90. The van der Waals surface area contributed by atoms with Crippen LogP contribution in [0.15, 0.2) is 0 Å². The third-order valence-electron chi connectivity index (χ3n) is 0.850. The number of hydrogen-bond acceptors (Lipinski definition) is 4. The topological polar surface area (TPSA) is 75.6 Å². The molecular formula is C5H9NO4. The predicted octanol–water partition coefficient (Wildman–Crippen LogP) is -1.10. The van der Waals surface area contributed by atoms with E-state index in [0.717, 1.165) is 0 Å². The molecule has 0 bridgehead atoms. The van der Waals surface area contributed by atoms with Gasteiger partial charge in [-0.05, 0) is 0 Å². The molecule has 0 aromatic rings. The number of aliphatic hydroxyl groups is 1. The van der Waals surface area contributed by atoms with Crippen molar-refractivity contribution in [2.75, 3.05) is 13.7 Å². The molecule has 0 rings (SSSR count). The molecule has 0 heterocycles. The molecule has 0 aliphatic rings. The maximum absolute atomic E-state index is 10.3. The Balaban J connectivity index is 3.62. The highest BCUT2D eigenvalue weighted by atomic mass is 16.5. The van der Waals surface area contributed by atoms with Crippen LogP contribution in [0.1, 0.15) is 0 Å². The molecule has 1 amide bonds. The summed E-state index contributed by atoms with van der Waals surface area (Å²) in [5, 5.41) is 10.5. The molecule has 0 fully saturated rings. The molecule has 10 heavy (non-hydrogen) atoms. The standard InChI is InChI=1S/C5H9NO4/c1-10-5(9)6-4(2-7)3-8/h2,4,8H,3H2,1H3,(H,6,9). The van der Waals surface area contributed by atoms with E-state index >= 15 is 0 Å². The second-order valence-corrected chi connectivity index (χ2v) is 1.56. The highest BCUT2D eigenvalue weighted by Gasteiger charge is 2.08. The molecule has 0 saturated heterocycles. The largest absolute Gasteiger partial charge is 0.453 e. The van der Waals surface area contributed by atoms with Crippen LogP contribution in [0.25, 0.3) is 0 Å². The number of aldehydes is 1. The number of methoxy groups -OCH3 is 1. The van der Waals surface area contributed by atoms with E-state index in [0.29, 0.717) is 6.29 Å². The number of amides is 1. The van der Waals surface area contributed by atoms with Gasteiger partial charge < -0.3 is 20.0 Å². The SMILES string of the molecule is COC(=O)NC(C=O)CO. The van der Waals surface area contributed by atoms with Gasteiger partial charge in [-0.15, -0.1) is 0 Å². The van der Waals surface area contributed by atoms with Gasteiger partial charge in [0.2, 0.25) is 0 Å². The molecule has 1 unspecified atom stereocenters. The predicted molar refractivity (Wildman–Crippen MR) is 32.5 cm³/mol. The van der Waals surface area contributed by atoms with E-state index in [9.17, 15) is 9.59 Å². The van der Waals surface area contributed by atoms with Crippen molar-refractivity contribution in [2.45, 2.75) is 6.04 Å². The van der Waals surface area contributed by atoms with Crippen LogP contribution in [0.2, 0.25) is 0 Å². The molecule has 0 saturated carbocycles. The first-order chi connectivity index (χ1) is 4.74. The van der Waals surface area contributed by atoms with Crippen LogP contribution in [-0.4, -0.2) is 37.2 Å². The van der Waals surface area contributed by atoms with Crippen molar-refractivity contribution < 1.29 is 19.4 Å². The zero-order valence-electron chi connectivity index (χ0n) is 5.53. The number of carbonyl (C=O) groups excluding carboxylic acids is 2. The highest BCUT2D eigenvalue weighted by molar-refractivity contribution is 5.72. The van der Waals surface area contributed by atoms with Crippen molar-refractivity contribution in [1.29, 1.82) is 0 Å². The van der Waals surface area contributed by atoms with E-state index in [4.69, 9.17) is 5.11 Å². The van der Waals surface area contributed by atoms with Crippen molar-refractivity contribution in [1.82, 2.24) is 5.32 Å². The lowest BCUT2D eigenvalue weighted by Gasteiger charge is -2.06. The summed E-state index contributed by atoms with van der Waals surface area (Å²) >= 11 is 0. The van der Waals surface area contributed by atoms with Gasteiger partial charge in [-0.1, -0.05) is 0 Å². The maximum atomic E-state index is 10.3. The van der Waals surface area contributed by atoms with Crippen LogP contribution in [0.4, 0.5) is 4.79 Å². The average molecular weight is 147 g/mol. The van der Waals surface area contributed by atoms with Crippen molar-refractivity contribution in [3.05, 3.63) is 0 Å². The first-order valence-electron chi connectivity index (χ1n) is 2.65. The highest BCUT2D eigenvalue weighted by Crippen LogP contribution is 1.77. The van der Waals surface area contributed by atoms with E-state index in [2.05, 4.69) is 10.1 Å². The average Bonchev–Trinajstić information content (AvgIpc) is 1.99. The first-order valence-corrected chi connectivity index (χ1v) is 2.65. The lowest BCUT2D eigenvalue weighted by atomic mass is 10.4. The Morgan fingerprint density at radius 2 is 2.50 bits per heavy atom. The Hall–Kier alpha value is -1.10. The Labute approximate surface area is 58.0 Å². The van der Waals surface area contributed by atoms with Gasteiger partial charge in [-0.2, -0.15) is 0 Å². The van der Waals surface area contributed by atoms with Crippen molar-refractivity contribution in [3.8, 4) is 0 Å². The molecule has 0 aromatic heterocycles. The van der Waals surface area contributed by atoms with E-state index in [1.54, 1.807) is 0 Å². The fourth-order valence-electron chi connectivity index (χ4n) is 0.333. The van der Waals surface area contributed by atoms with Crippen LogP contribution >= 0.6 is 0 Å². The molecule has 2 N–H and O–H groups in total. The summed E-state index contributed by atoms with van der Waals surface area (Å²) in [4.78, 5) is 20.3. The van der Waals surface area contributed by atoms with Crippen LogP contribution in [0.5, 0.6) is 0 Å². The maximum Gasteiger partial charge on any atom is 0.407 e. The van der Waals surface area contributed by atoms with Crippen LogP contribution < -0.4 is 5.32 Å². The summed E-state index contributed by atoms with van der Waals surface area (Å²) in [5.41, 5.74) is 0. The van der Waals surface area contributed by atoms with Crippen molar-refractivity contribution in [2.24, 2.45) is 0 Å². The van der Waals surface area contributed by atoms with Gasteiger partial charge in [0.1, 0.15) is 12.3 Å². The number of rotatable bonds is 3. The minimum atomic E-state index is -0.868. The Bertz CT molecular complexity index is 125. The molecule has 58 valence electrons. The lowest BCUT2D eigenvalue weighted by Crippen LogP contribution is -2.38. The lowest BCUT2D eigenvalue weighted by molar-refractivity contribution is -0.110. The molecule has 0 aromatic carbocycles. The number of ether oxygens (including phenoxy) is 1. The Morgan fingerprint density at radius 1 is 1.90 bits per heavy atom. The summed E-state index contributed by atoms with van der Waals surface area (Å²) < 4.78 is 4.16. The van der Waals surface area contributed by atoms with Gasteiger partial charge in [0.05, 0.1) is 13.7 Å². The van der Waals surface area contributed by atoms with E-state index in [1.165, 1.54) is 7.11 Å². The Kier molecular flexibility index (Phi) is 4.23. The minimum absolute atomic E-state index is 0.418. The number of nitrogens with one attached hydrogen (secondary N) is 1. The summed E-state index contributed by atoms with van der Waals surface area (Å²) in [7, 11) is 1.18. The fourth-order valence-corrected chi connectivity index (χ4v) is 0.333.